The van der Waals surface area contributed by atoms with E-state index in [-0.39, 0.29) is 11.7 Å². The van der Waals surface area contributed by atoms with Gasteiger partial charge in [-0.1, -0.05) is 18.2 Å². The van der Waals surface area contributed by atoms with Crippen LogP contribution in [0.3, 0.4) is 0 Å². The van der Waals surface area contributed by atoms with E-state index >= 15 is 0 Å². The van der Waals surface area contributed by atoms with Crippen LogP contribution in [-0.2, 0) is 4.79 Å². The lowest BCUT2D eigenvalue weighted by Crippen LogP contribution is -2.13. The molecule has 2 aromatic heterocycles. The zero-order valence-corrected chi connectivity index (χ0v) is 19.3. The van der Waals surface area contributed by atoms with Crippen molar-refractivity contribution in [1.29, 1.82) is 0 Å². The van der Waals surface area contributed by atoms with Crippen LogP contribution in [0.25, 0.3) is 32.4 Å². The normalized spacial score (nSPS) is 11.6. The van der Waals surface area contributed by atoms with Crippen LogP contribution >= 0.6 is 22.7 Å². The first-order valence-corrected chi connectivity index (χ1v) is 12.1. The molecule has 3 aromatic carbocycles. The van der Waals surface area contributed by atoms with E-state index in [0.29, 0.717) is 11.3 Å². The number of thiophene rings is 1. The molecule has 1 amide bonds. The molecule has 0 aliphatic carbocycles. The number of carbonyl (C=O) groups is 1. The minimum Gasteiger partial charge on any atom is -0.322 e. The predicted molar refractivity (Wildman–Crippen MR) is 137 cm³/mol. The Morgan fingerprint density at radius 3 is 2.52 bits per heavy atom. The maximum Gasteiger partial charge on any atom is 0.256 e. The molecule has 0 radical (unpaired) electrons. The minimum absolute atomic E-state index is 0.221. The highest BCUT2D eigenvalue weighted by Crippen LogP contribution is 2.31. The van der Waals surface area contributed by atoms with E-state index in [1.165, 1.54) is 29.0 Å². The standard InChI is InChI=1S/C27H19FN2OS2/c1-17-2-11-24-25(14-17)33-27(30-24)19-5-9-22(10-6-19)29-26(31)23(20-12-13-32-16-20)15-18-3-7-21(28)8-4-18/h2-16H,1H3,(H,29,31)/b23-15+. The number of carbonyl (C=O) groups excluding carboxylic acids is 1. The van der Waals surface area contributed by atoms with E-state index in [9.17, 15) is 9.18 Å². The molecule has 0 atom stereocenters. The van der Waals surface area contributed by atoms with Gasteiger partial charge >= 0.3 is 0 Å². The number of fused-ring (bicyclic) bond motifs is 1. The van der Waals surface area contributed by atoms with Crippen molar-refractivity contribution in [2.24, 2.45) is 0 Å². The van der Waals surface area contributed by atoms with Crippen LogP contribution < -0.4 is 5.32 Å². The highest BCUT2D eigenvalue weighted by molar-refractivity contribution is 7.21. The number of nitrogens with one attached hydrogen (secondary N) is 1. The van der Waals surface area contributed by atoms with Gasteiger partial charge in [0.2, 0.25) is 0 Å². The van der Waals surface area contributed by atoms with E-state index in [1.807, 2.05) is 47.2 Å². The van der Waals surface area contributed by atoms with Crippen molar-refractivity contribution in [3.05, 3.63) is 106 Å². The Bertz CT molecular complexity index is 1450. The Hall–Kier alpha value is -3.61. The number of aryl methyl sites for hydroxylation is 1. The second kappa shape index (κ2) is 9.10. The van der Waals surface area contributed by atoms with E-state index in [1.54, 1.807) is 29.5 Å². The molecule has 162 valence electrons. The third-order valence-electron chi connectivity index (χ3n) is 5.19. The number of hydrogen-bond donors (Lipinski definition) is 1. The summed E-state index contributed by atoms with van der Waals surface area (Å²) in [6, 6.07) is 21.9. The van der Waals surface area contributed by atoms with Crippen LogP contribution in [0.1, 0.15) is 16.7 Å². The van der Waals surface area contributed by atoms with Crippen molar-refractivity contribution in [2.45, 2.75) is 6.92 Å². The average molecular weight is 471 g/mol. The number of anilines is 1. The lowest BCUT2D eigenvalue weighted by Gasteiger charge is -2.09. The highest BCUT2D eigenvalue weighted by atomic mass is 32.1. The molecule has 5 aromatic rings. The largest absolute Gasteiger partial charge is 0.322 e. The van der Waals surface area contributed by atoms with E-state index in [2.05, 4.69) is 24.4 Å². The Kier molecular flexibility index (Phi) is 5.86. The Balaban J connectivity index is 1.38. The molecule has 33 heavy (non-hydrogen) atoms. The van der Waals surface area contributed by atoms with Gasteiger partial charge in [-0.05, 0) is 95.0 Å². The summed E-state index contributed by atoms with van der Waals surface area (Å²) in [5.74, 6) is -0.530. The molecule has 0 aliphatic heterocycles. The van der Waals surface area contributed by atoms with E-state index < -0.39 is 0 Å². The number of thiazole rings is 1. The molecular formula is C27H19FN2OS2. The van der Waals surface area contributed by atoms with Gasteiger partial charge in [0.1, 0.15) is 10.8 Å². The maximum absolute atomic E-state index is 13.3. The summed E-state index contributed by atoms with van der Waals surface area (Å²) in [4.78, 5) is 17.9. The van der Waals surface area contributed by atoms with Gasteiger partial charge in [-0.2, -0.15) is 11.3 Å². The van der Waals surface area contributed by atoms with Crippen molar-refractivity contribution < 1.29 is 9.18 Å². The lowest BCUT2D eigenvalue weighted by molar-refractivity contribution is -0.111. The van der Waals surface area contributed by atoms with Crippen molar-refractivity contribution in [3.8, 4) is 10.6 Å². The van der Waals surface area contributed by atoms with Crippen LogP contribution in [0.5, 0.6) is 0 Å². The first-order valence-electron chi connectivity index (χ1n) is 10.3. The quantitative estimate of drug-likeness (QED) is 0.268. The third-order valence-corrected chi connectivity index (χ3v) is 6.94. The molecule has 0 unspecified atom stereocenters. The van der Waals surface area contributed by atoms with Crippen molar-refractivity contribution in [3.63, 3.8) is 0 Å². The summed E-state index contributed by atoms with van der Waals surface area (Å²) >= 11 is 3.18. The maximum atomic E-state index is 13.3. The fraction of sp³-hybridized carbons (Fsp3) is 0.0370. The molecular weight excluding hydrogens is 451 g/mol. The Morgan fingerprint density at radius 1 is 1.00 bits per heavy atom. The first-order chi connectivity index (χ1) is 16.0. The van der Waals surface area contributed by atoms with Crippen LogP contribution in [0.4, 0.5) is 10.1 Å². The summed E-state index contributed by atoms with van der Waals surface area (Å²) in [6.45, 7) is 2.07. The Morgan fingerprint density at radius 2 is 1.79 bits per heavy atom. The fourth-order valence-corrected chi connectivity index (χ4v) is 5.20. The number of nitrogens with zero attached hydrogens (tertiary/aromatic N) is 1. The minimum atomic E-state index is -0.308. The molecule has 0 fully saturated rings. The van der Waals surface area contributed by atoms with Crippen LogP contribution in [-0.4, -0.2) is 10.9 Å². The van der Waals surface area contributed by atoms with Crippen LogP contribution in [0.2, 0.25) is 0 Å². The summed E-state index contributed by atoms with van der Waals surface area (Å²) in [5, 5.41) is 7.78. The van der Waals surface area contributed by atoms with Gasteiger partial charge in [0, 0.05) is 16.8 Å². The first kappa shape index (κ1) is 21.2. The topological polar surface area (TPSA) is 42.0 Å². The molecule has 1 N–H and O–H groups in total. The molecule has 0 aliphatic rings. The van der Waals surface area contributed by atoms with Crippen LogP contribution in [0.15, 0.2) is 83.6 Å². The zero-order chi connectivity index (χ0) is 22.8. The predicted octanol–water partition coefficient (Wildman–Crippen LogP) is 7.65. The van der Waals surface area contributed by atoms with Gasteiger partial charge in [0.25, 0.3) is 5.91 Å². The number of rotatable bonds is 5. The molecule has 5 rings (SSSR count). The number of halogens is 1. The van der Waals surface area contributed by atoms with Crippen molar-refractivity contribution in [2.75, 3.05) is 5.32 Å². The van der Waals surface area contributed by atoms with Gasteiger partial charge in [0.15, 0.2) is 0 Å². The molecule has 6 heteroatoms. The monoisotopic (exact) mass is 470 g/mol. The van der Waals surface area contributed by atoms with Gasteiger partial charge in [-0.3, -0.25) is 4.79 Å². The van der Waals surface area contributed by atoms with Crippen molar-refractivity contribution >= 4 is 56.1 Å². The van der Waals surface area contributed by atoms with E-state index in [4.69, 9.17) is 4.98 Å². The second-order valence-electron chi connectivity index (χ2n) is 7.64. The number of hydrogen-bond acceptors (Lipinski definition) is 4. The van der Waals surface area contributed by atoms with Crippen LogP contribution in [0, 0.1) is 12.7 Å². The molecule has 0 spiro atoms. The van der Waals surface area contributed by atoms with Gasteiger partial charge in [0.05, 0.1) is 10.2 Å². The molecule has 0 saturated heterocycles. The Labute approximate surface area is 198 Å². The number of aromatic nitrogens is 1. The molecule has 2 heterocycles. The number of amides is 1. The van der Waals surface area contributed by atoms with Gasteiger partial charge in [-0.25, -0.2) is 9.37 Å². The third kappa shape index (κ3) is 4.77. The lowest BCUT2D eigenvalue weighted by atomic mass is 10.0. The summed E-state index contributed by atoms with van der Waals surface area (Å²) in [7, 11) is 0. The second-order valence-corrected chi connectivity index (χ2v) is 9.45. The summed E-state index contributed by atoms with van der Waals surface area (Å²) in [5.41, 5.74) is 6.01. The zero-order valence-electron chi connectivity index (χ0n) is 17.7. The number of benzene rings is 3. The summed E-state index contributed by atoms with van der Waals surface area (Å²) in [6.07, 6.45) is 1.77. The van der Waals surface area contributed by atoms with Gasteiger partial charge in [-0.15, -0.1) is 11.3 Å². The van der Waals surface area contributed by atoms with Crippen molar-refractivity contribution in [1.82, 2.24) is 4.98 Å². The van der Waals surface area contributed by atoms with Gasteiger partial charge < -0.3 is 5.32 Å². The smallest absolute Gasteiger partial charge is 0.256 e. The fourth-order valence-electron chi connectivity index (χ4n) is 3.47. The molecule has 0 saturated carbocycles. The summed E-state index contributed by atoms with van der Waals surface area (Å²) < 4.78 is 14.4. The average Bonchev–Trinajstić information content (AvgIpc) is 3.49. The SMILES string of the molecule is Cc1ccc2nc(-c3ccc(NC(=O)/C(=C/c4ccc(F)cc4)c4ccsc4)cc3)sc2c1. The van der Waals surface area contributed by atoms with E-state index in [0.717, 1.165) is 31.9 Å². The molecule has 0 bridgehead atoms. The molecule has 3 nitrogen and oxygen atoms in total. The highest BCUT2D eigenvalue weighted by Gasteiger charge is 2.14.